The molecule has 7 heteroatoms. The van der Waals surface area contributed by atoms with Crippen LogP contribution >= 0.6 is 0 Å². The van der Waals surface area contributed by atoms with Crippen LogP contribution in [0.15, 0.2) is 59.1 Å². The van der Waals surface area contributed by atoms with Crippen LogP contribution in [0.3, 0.4) is 0 Å². The highest BCUT2D eigenvalue weighted by atomic mass is 19.1. The Balaban J connectivity index is 1.46. The summed E-state index contributed by atoms with van der Waals surface area (Å²) in [4.78, 5) is 19.0. The Morgan fingerprint density at radius 2 is 1.93 bits per heavy atom. The molecule has 0 saturated carbocycles. The number of nitrogens with zero attached hydrogens (tertiary/aromatic N) is 3. The molecule has 0 spiro atoms. The number of amides is 1. The van der Waals surface area contributed by atoms with Crippen molar-refractivity contribution >= 4 is 11.6 Å². The number of anilines is 1. The molecule has 1 amide bonds. The molecule has 28 heavy (non-hydrogen) atoms. The average Bonchev–Trinajstić information content (AvgIpc) is 3.19. The van der Waals surface area contributed by atoms with Crippen LogP contribution in [0.25, 0.3) is 11.4 Å². The highest BCUT2D eigenvalue weighted by Crippen LogP contribution is 2.31. The fourth-order valence-corrected chi connectivity index (χ4v) is 3.45. The molecule has 1 saturated heterocycles. The number of piperidine rings is 1. The lowest BCUT2D eigenvalue weighted by molar-refractivity contribution is -0.118. The number of halogens is 1. The Kier molecular flexibility index (Phi) is 5.43. The van der Waals surface area contributed by atoms with Gasteiger partial charge in [0.15, 0.2) is 0 Å². The van der Waals surface area contributed by atoms with E-state index in [1.165, 1.54) is 12.1 Å². The van der Waals surface area contributed by atoms with Crippen LogP contribution in [0.1, 0.15) is 31.2 Å². The van der Waals surface area contributed by atoms with Crippen molar-refractivity contribution in [1.82, 2.24) is 15.0 Å². The summed E-state index contributed by atoms with van der Waals surface area (Å²) in [6.45, 7) is 1.05. The summed E-state index contributed by atoms with van der Waals surface area (Å²) in [7, 11) is 0. The molecule has 1 unspecified atom stereocenters. The molecule has 0 bridgehead atoms. The molecule has 1 aromatic heterocycles. The zero-order valence-electron chi connectivity index (χ0n) is 15.3. The van der Waals surface area contributed by atoms with Crippen LogP contribution in [-0.4, -0.2) is 34.0 Å². The van der Waals surface area contributed by atoms with E-state index < -0.39 is 0 Å². The number of rotatable bonds is 5. The van der Waals surface area contributed by atoms with E-state index in [0.29, 0.717) is 17.3 Å². The van der Waals surface area contributed by atoms with Crippen molar-refractivity contribution in [3.8, 4) is 11.4 Å². The van der Waals surface area contributed by atoms with Crippen LogP contribution < -0.4 is 5.32 Å². The van der Waals surface area contributed by atoms with Crippen molar-refractivity contribution in [2.75, 3.05) is 18.4 Å². The number of para-hydroxylation sites is 1. The van der Waals surface area contributed by atoms with Gasteiger partial charge in [-0.15, -0.1) is 0 Å². The minimum atomic E-state index is -0.310. The summed E-state index contributed by atoms with van der Waals surface area (Å²) in [5.74, 6) is 0.535. The molecule has 1 aliphatic heterocycles. The molecule has 1 N–H and O–H groups in total. The van der Waals surface area contributed by atoms with Gasteiger partial charge in [0.25, 0.3) is 0 Å². The fourth-order valence-electron chi connectivity index (χ4n) is 3.45. The molecule has 4 rings (SSSR count). The van der Waals surface area contributed by atoms with Gasteiger partial charge in [-0.25, -0.2) is 4.39 Å². The molecular weight excluding hydrogens is 359 g/mol. The number of nitrogens with one attached hydrogen (secondary N) is 1. The smallest absolute Gasteiger partial charge is 0.244 e. The van der Waals surface area contributed by atoms with Crippen LogP contribution in [-0.2, 0) is 4.79 Å². The number of carbonyl (C=O) groups excluding carboxylic acids is 1. The number of aromatic nitrogens is 2. The molecule has 2 aromatic carbocycles. The van der Waals surface area contributed by atoms with Crippen molar-refractivity contribution in [3.63, 3.8) is 0 Å². The van der Waals surface area contributed by atoms with Gasteiger partial charge < -0.3 is 9.84 Å². The van der Waals surface area contributed by atoms with E-state index >= 15 is 0 Å². The fraction of sp³-hybridized carbons (Fsp3) is 0.286. The van der Waals surface area contributed by atoms with Crippen LogP contribution in [0.5, 0.6) is 0 Å². The summed E-state index contributed by atoms with van der Waals surface area (Å²) in [5.41, 5.74) is 1.47. The highest BCUT2D eigenvalue weighted by molar-refractivity contribution is 5.92. The second kappa shape index (κ2) is 8.31. The second-order valence-corrected chi connectivity index (χ2v) is 6.86. The maximum absolute atomic E-state index is 13.1. The normalized spacial score (nSPS) is 17.4. The molecular formula is C21H21FN4O2. The third-order valence-electron chi connectivity index (χ3n) is 4.85. The highest BCUT2D eigenvalue weighted by Gasteiger charge is 2.30. The topological polar surface area (TPSA) is 71.3 Å². The maximum atomic E-state index is 13.1. The quantitative estimate of drug-likeness (QED) is 0.723. The summed E-state index contributed by atoms with van der Waals surface area (Å²) in [6.07, 6.45) is 2.91. The first-order valence-electron chi connectivity index (χ1n) is 9.37. The second-order valence-electron chi connectivity index (χ2n) is 6.86. The summed E-state index contributed by atoms with van der Waals surface area (Å²) >= 11 is 0. The van der Waals surface area contributed by atoms with E-state index in [9.17, 15) is 9.18 Å². The zero-order valence-corrected chi connectivity index (χ0v) is 15.3. The van der Waals surface area contributed by atoms with E-state index in [4.69, 9.17) is 4.52 Å². The number of carbonyl (C=O) groups is 1. The van der Waals surface area contributed by atoms with Crippen LogP contribution in [0.4, 0.5) is 10.1 Å². The molecule has 144 valence electrons. The van der Waals surface area contributed by atoms with E-state index in [0.717, 1.165) is 31.5 Å². The minimum absolute atomic E-state index is 0.0728. The van der Waals surface area contributed by atoms with Gasteiger partial charge in [-0.05, 0) is 55.8 Å². The summed E-state index contributed by atoms with van der Waals surface area (Å²) in [6, 6.07) is 15.3. The van der Waals surface area contributed by atoms with Crippen molar-refractivity contribution in [2.45, 2.75) is 25.3 Å². The lowest BCUT2D eigenvalue weighted by Gasteiger charge is -2.32. The molecule has 0 aliphatic carbocycles. The molecule has 1 fully saturated rings. The first kappa shape index (κ1) is 18.3. The lowest BCUT2D eigenvalue weighted by atomic mass is 10.0. The van der Waals surface area contributed by atoms with E-state index in [1.807, 2.05) is 30.3 Å². The van der Waals surface area contributed by atoms with Crippen molar-refractivity contribution in [3.05, 3.63) is 66.3 Å². The molecule has 6 nitrogen and oxygen atoms in total. The van der Waals surface area contributed by atoms with Crippen molar-refractivity contribution < 1.29 is 13.7 Å². The van der Waals surface area contributed by atoms with Gasteiger partial charge in [0, 0.05) is 11.3 Å². The Morgan fingerprint density at radius 3 is 2.71 bits per heavy atom. The third-order valence-corrected chi connectivity index (χ3v) is 4.85. The van der Waals surface area contributed by atoms with Crippen molar-refractivity contribution in [1.29, 1.82) is 0 Å². The number of likely N-dealkylation sites (tertiary alicyclic amines) is 1. The molecule has 2 heterocycles. The Hall–Kier alpha value is -3.06. The minimum Gasteiger partial charge on any atom is -0.337 e. The van der Waals surface area contributed by atoms with Gasteiger partial charge in [-0.3, -0.25) is 9.69 Å². The van der Waals surface area contributed by atoms with Gasteiger partial charge >= 0.3 is 0 Å². The third kappa shape index (κ3) is 4.26. The van der Waals surface area contributed by atoms with Gasteiger partial charge in [0.1, 0.15) is 5.82 Å². The number of hydrogen-bond donors (Lipinski definition) is 1. The first-order valence-corrected chi connectivity index (χ1v) is 9.37. The predicted molar refractivity (Wildman–Crippen MR) is 103 cm³/mol. The first-order chi connectivity index (χ1) is 13.7. The summed E-state index contributed by atoms with van der Waals surface area (Å²) < 4.78 is 18.6. The van der Waals surface area contributed by atoms with E-state index in [2.05, 4.69) is 20.4 Å². The van der Waals surface area contributed by atoms with Crippen LogP contribution in [0, 0.1) is 5.82 Å². The number of hydrogen-bond acceptors (Lipinski definition) is 5. The lowest BCUT2D eigenvalue weighted by Crippen LogP contribution is -2.39. The standard InChI is InChI=1S/C21H21FN4O2/c22-16-11-9-15(10-12-16)20-24-21(28-25-20)18-8-4-5-13-26(18)14-19(27)23-17-6-2-1-3-7-17/h1-3,6-7,9-12,18H,4-5,8,13-14H2,(H,23,27). The van der Waals surface area contributed by atoms with Gasteiger partial charge in [-0.1, -0.05) is 29.8 Å². The monoisotopic (exact) mass is 380 g/mol. The Labute approximate surface area is 162 Å². The zero-order chi connectivity index (χ0) is 19.3. The van der Waals surface area contributed by atoms with Crippen molar-refractivity contribution in [2.24, 2.45) is 0 Å². The SMILES string of the molecule is O=C(CN1CCCCC1c1nc(-c2ccc(F)cc2)no1)Nc1ccccc1. The Morgan fingerprint density at radius 1 is 1.14 bits per heavy atom. The van der Waals surface area contributed by atoms with Gasteiger partial charge in [0.2, 0.25) is 17.6 Å². The molecule has 1 atom stereocenters. The molecule has 3 aromatic rings. The summed E-state index contributed by atoms with van der Waals surface area (Å²) in [5, 5.41) is 6.95. The molecule has 0 radical (unpaired) electrons. The Bertz CT molecular complexity index is 927. The molecule has 1 aliphatic rings. The van der Waals surface area contributed by atoms with Gasteiger partial charge in [0.05, 0.1) is 12.6 Å². The average molecular weight is 380 g/mol. The maximum Gasteiger partial charge on any atom is 0.244 e. The van der Waals surface area contributed by atoms with E-state index in [1.54, 1.807) is 12.1 Å². The van der Waals surface area contributed by atoms with E-state index in [-0.39, 0.29) is 24.3 Å². The van der Waals surface area contributed by atoms with Gasteiger partial charge in [-0.2, -0.15) is 4.98 Å². The predicted octanol–water partition coefficient (Wildman–Crippen LogP) is 4.04. The number of benzene rings is 2. The van der Waals surface area contributed by atoms with Crippen LogP contribution in [0.2, 0.25) is 0 Å². The largest absolute Gasteiger partial charge is 0.337 e.